The number of benzene rings is 9. The Kier molecular flexibility index (Phi) is 8.04. The van der Waals surface area contributed by atoms with E-state index in [-0.39, 0.29) is 0 Å². The molecule has 3 heteroatoms. The molecule has 0 saturated carbocycles. The molecule has 0 amide bonds. The lowest BCUT2D eigenvalue weighted by molar-refractivity contribution is 0.732. The summed E-state index contributed by atoms with van der Waals surface area (Å²) in [5.41, 5.74) is 14.7. The van der Waals surface area contributed by atoms with E-state index in [4.69, 9.17) is 0 Å². The molecule has 0 fully saturated rings. The van der Waals surface area contributed by atoms with Gasteiger partial charge in [-0.3, -0.25) is 0 Å². The maximum absolute atomic E-state index is 2.46. The van der Waals surface area contributed by atoms with E-state index in [9.17, 15) is 0 Å². The van der Waals surface area contributed by atoms with Gasteiger partial charge in [0.05, 0.1) is 27.8 Å². The van der Waals surface area contributed by atoms with E-state index in [1.165, 1.54) is 44.1 Å². The van der Waals surface area contributed by atoms with Crippen molar-refractivity contribution in [2.45, 2.75) is 5.41 Å². The summed E-state index contributed by atoms with van der Waals surface area (Å²) in [6, 6.07) is 86.0. The van der Waals surface area contributed by atoms with Crippen molar-refractivity contribution < 1.29 is 0 Å². The highest BCUT2D eigenvalue weighted by Crippen LogP contribution is 2.58. The molecule has 0 bridgehead atoms. The minimum absolute atomic E-state index is 0.605. The monoisotopic (exact) mass is 741 g/mol. The molecule has 0 aliphatic carbocycles. The lowest BCUT2D eigenvalue weighted by Crippen LogP contribution is -2.37. The number of aromatic nitrogens is 1. The van der Waals surface area contributed by atoms with Crippen LogP contribution < -0.4 is 9.80 Å². The van der Waals surface area contributed by atoms with Crippen LogP contribution >= 0.6 is 0 Å². The van der Waals surface area contributed by atoms with Crippen molar-refractivity contribution >= 4 is 55.9 Å². The molecule has 58 heavy (non-hydrogen) atoms. The first-order valence-corrected chi connectivity index (χ1v) is 19.9. The Balaban J connectivity index is 1.13. The number of nitrogens with zero attached hydrogens (tertiary/aromatic N) is 3. The van der Waals surface area contributed by atoms with Gasteiger partial charge in [-0.2, -0.15) is 0 Å². The largest absolute Gasteiger partial charge is 0.311 e. The van der Waals surface area contributed by atoms with Gasteiger partial charge in [-0.1, -0.05) is 146 Å². The van der Waals surface area contributed by atoms with Crippen molar-refractivity contribution in [3.05, 3.63) is 259 Å². The van der Waals surface area contributed by atoms with Gasteiger partial charge in [0.2, 0.25) is 0 Å². The van der Waals surface area contributed by atoms with E-state index in [0.29, 0.717) is 0 Å². The fraction of sp³-hybridized carbons (Fsp3) is 0.0182. The van der Waals surface area contributed by atoms with Gasteiger partial charge in [-0.05, 0) is 113 Å². The Bertz CT molecular complexity index is 2960. The number of anilines is 6. The molecule has 11 rings (SSSR count). The van der Waals surface area contributed by atoms with Crippen molar-refractivity contribution in [3.63, 3.8) is 0 Å². The molecular formula is C55H39N3. The summed E-state index contributed by atoms with van der Waals surface area (Å²) in [7, 11) is 0. The van der Waals surface area contributed by atoms with Gasteiger partial charge in [-0.15, -0.1) is 0 Å². The second-order valence-electron chi connectivity index (χ2n) is 14.9. The summed E-state index contributed by atoms with van der Waals surface area (Å²) in [6.45, 7) is 0. The smallest absolute Gasteiger partial charge is 0.0742 e. The Morgan fingerprint density at radius 2 is 0.810 bits per heavy atom. The van der Waals surface area contributed by atoms with Gasteiger partial charge < -0.3 is 14.4 Å². The Labute approximate surface area is 338 Å². The Hall–Kier alpha value is -7.62. The van der Waals surface area contributed by atoms with Crippen molar-refractivity contribution in [3.8, 4) is 5.69 Å². The van der Waals surface area contributed by atoms with Gasteiger partial charge in [0.1, 0.15) is 0 Å². The molecule has 0 N–H and O–H groups in total. The van der Waals surface area contributed by atoms with Gasteiger partial charge >= 0.3 is 0 Å². The number of fused-ring (bicyclic) bond motifs is 5. The number of para-hydroxylation sites is 6. The minimum atomic E-state index is -0.605. The average Bonchev–Trinajstić information content (AvgIpc) is 3.64. The zero-order chi connectivity index (χ0) is 38.5. The standard InChI is InChI=1S/C55H39N3/c1-5-19-40(20-6-1)55(41-33-38-52-48(39-41)47-27-13-16-30-51(47)57(52)44-25-11-4-12-26-44)49-28-14-17-31-53(49)58(54-32-18-15-29-50(54)55)46-36-34-45(35-37-46)56(42-21-7-2-8-22-42)43-23-9-3-10-24-43/h1-39H. The fourth-order valence-electron chi connectivity index (χ4n) is 9.41. The van der Waals surface area contributed by atoms with Gasteiger partial charge in [0.25, 0.3) is 0 Å². The van der Waals surface area contributed by atoms with Crippen molar-refractivity contribution in [2.24, 2.45) is 0 Å². The van der Waals surface area contributed by atoms with Crippen LogP contribution in [0.15, 0.2) is 237 Å². The van der Waals surface area contributed by atoms with E-state index < -0.39 is 5.41 Å². The van der Waals surface area contributed by atoms with Gasteiger partial charge in [-0.25, -0.2) is 0 Å². The molecule has 1 aliphatic rings. The lowest BCUT2D eigenvalue weighted by atomic mass is 9.62. The first-order valence-electron chi connectivity index (χ1n) is 19.9. The van der Waals surface area contributed by atoms with Crippen LogP contribution in [-0.4, -0.2) is 4.57 Å². The molecule has 0 unspecified atom stereocenters. The van der Waals surface area contributed by atoms with E-state index >= 15 is 0 Å². The topological polar surface area (TPSA) is 11.4 Å². The summed E-state index contributed by atoms with van der Waals surface area (Å²) in [5.74, 6) is 0. The molecular weight excluding hydrogens is 703 g/mol. The Morgan fingerprint density at radius 3 is 1.43 bits per heavy atom. The molecule has 0 atom stereocenters. The summed E-state index contributed by atoms with van der Waals surface area (Å²) in [5, 5.41) is 2.48. The first kappa shape index (κ1) is 33.7. The zero-order valence-electron chi connectivity index (χ0n) is 31.9. The van der Waals surface area contributed by atoms with Crippen LogP contribution in [0, 0.1) is 0 Å². The predicted molar refractivity (Wildman–Crippen MR) is 242 cm³/mol. The van der Waals surface area contributed by atoms with Crippen LogP contribution in [0.2, 0.25) is 0 Å². The minimum Gasteiger partial charge on any atom is -0.311 e. The number of hydrogen-bond acceptors (Lipinski definition) is 2. The summed E-state index contributed by atoms with van der Waals surface area (Å²) >= 11 is 0. The summed E-state index contributed by atoms with van der Waals surface area (Å²) < 4.78 is 2.40. The van der Waals surface area contributed by atoms with E-state index in [0.717, 1.165) is 39.8 Å². The SMILES string of the molecule is c1ccc(N(c2ccccc2)c2ccc(N3c4ccccc4C(c4ccccc4)(c4ccc5c(c4)c4ccccc4n5-c4ccccc4)c4ccccc43)cc2)cc1. The normalized spacial score (nSPS) is 12.9. The summed E-state index contributed by atoms with van der Waals surface area (Å²) in [6.07, 6.45) is 0. The third-order valence-corrected chi connectivity index (χ3v) is 11.8. The average molecular weight is 742 g/mol. The maximum Gasteiger partial charge on any atom is 0.0742 e. The van der Waals surface area contributed by atoms with Crippen LogP contribution in [0.3, 0.4) is 0 Å². The fourth-order valence-corrected chi connectivity index (χ4v) is 9.41. The van der Waals surface area contributed by atoms with E-state index in [2.05, 4.69) is 251 Å². The second kappa shape index (κ2) is 13.8. The lowest BCUT2D eigenvalue weighted by Gasteiger charge is -2.46. The molecule has 274 valence electrons. The zero-order valence-corrected chi connectivity index (χ0v) is 31.9. The molecule has 3 nitrogen and oxygen atoms in total. The van der Waals surface area contributed by atoms with Gasteiger partial charge in [0.15, 0.2) is 0 Å². The van der Waals surface area contributed by atoms with Crippen LogP contribution in [0.5, 0.6) is 0 Å². The second-order valence-corrected chi connectivity index (χ2v) is 14.9. The molecule has 9 aromatic carbocycles. The highest BCUT2D eigenvalue weighted by atomic mass is 15.2. The quantitative estimate of drug-likeness (QED) is 0.161. The maximum atomic E-state index is 2.46. The molecule has 1 aromatic heterocycles. The van der Waals surface area contributed by atoms with Crippen molar-refractivity contribution in [1.29, 1.82) is 0 Å². The van der Waals surface area contributed by atoms with Crippen LogP contribution in [-0.2, 0) is 5.41 Å². The Morgan fingerprint density at radius 1 is 0.328 bits per heavy atom. The van der Waals surface area contributed by atoms with Crippen LogP contribution in [0.1, 0.15) is 22.3 Å². The van der Waals surface area contributed by atoms with Crippen LogP contribution in [0.4, 0.5) is 34.1 Å². The molecule has 10 aromatic rings. The third kappa shape index (κ3) is 5.21. The van der Waals surface area contributed by atoms with E-state index in [1.807, 2.05) is 0 Å². The number of rotatable bonds is 7. The first-order chi connectivity index (χ1) is 28.8. The summed E-state index contributed by atoms with van der Waals surface area (Å²) in [4.78, 5) is 4.76. The highest BCUT2D eigenvalue weighted by molar-refractivity contribution is 6.10. The molecule has 1 aliphatic heterocycles. The predicted octanol–water partition coefficient (Wildman–Crippen LogP) is 14.4. The number of hydrogen-bond donors (Lipinski definition) is 0. The van der Waals surface area contributed by atoms with Crippen molar-refractivity contribution in [1.82, 2.24) is 4.57 Å². The van der Waals surface area contributed by atoms with Crippen molar-refractivity contribution in [2.75, 3.05) is 9.80 Å². The molecule has 0 saturated heterocycles. The van der Waals surface area contributed by atoms with Gasteiger partial charge in [0, 0.05) is 39.2 Å². The van der Waals surface area contributed by atoms with Crippen LogP contribution in [0.25, 0.3) is 27.5 Å². The molecule has 0 radical (unpaired) electrons. The highest BCUT2D eigenvalue weighted by Gasteiger charge is 2.46. The molecule has 0 spiro atoms. The third-order valence-electron chi connectivity index (χ3n) is 11.8. The molecule has 2 heterocycles. The van der Waals surface area contributed by atoms with E-state index in [1.54, 1.807) is 0 Å².